The van der Waals surface area contributed by atoms with E-state index in [1.807, 2.05) is 12.2 Å². The number of rotatable bonds is 4. The van der Waals surface area contributed by atoms with Gasteiger partial charge in [0.2, 0.25) is 0 Å². The Hall–Kier alpha value is -0.0400. The third-order valence-electron chi connectivity index (χ3n) is 2.09. The van der Waals surface area contributed by atoms with Crippen LogP contribution >= 0.6 is 15.9 Å². The molecule has 0 spiro atoms. The van der Waals surface area contributed by atoms with Crippen molar-refractivity contribution < 1.29 is 0 Å². The Balaban J connectivity index is 2.32. The Morgan fingerprint density at radius 3 is 2.70 bits per heavy atom. The monoisotopic (exact) mass is 200 g/mol. The highest BCUT2D eigenvalue weighted by molar-refractivity contribution is 9.10. The van der Waals surface area contributed by atoms with Crippen molar-refractivity contribution in [1.29, 1.82) is 0 Å². The lowest BCUT2D eigenvalue weighted by Crippen LogP contribution is -1.98. The van der Waals surface area contributed by atoms with E-state index in [9.17, 15) is 0 Å². The minimum Gasteiger partial charge on any atom is -0.103 e. The highest BCUT2D eigenvalue weighted by Crippen LogP contribution is 2.55. The summed E-state index contributed by atoms with van der Waals surface area (Å²) in [5, 5.41) is 0. The zero-order valence-electron chi connectivity index (χ0n) is 6.15. The van der Waals surface area contributed by atoms with Gasteiger partial charge in [0.05, 0.1) is 0 Å². The average molecular weight is 201 g/mol. The topological polar surface area (TPSA) is 0 Å². The fourth-order valence-corrected chi connectivity index (χ4v) is 2.14. The minimum atomic E-state index is 0.392. The molecule has 1 rings (SSSR count). The van der Waals surface area contributed by atoms with Crippen molar-refractivity contribution in [2.45, 2.75) is 23.6 Å². The molecule has 56 valence electrons. The summed E-state index contributed by atoms with van der Waals surface area (Å²) in [5.41, 5.74) is 0. The van der Waals surface area contributed by atoms with Gasteiger partial charge in [-0.05, 0) is 25.2 Å². The highest BCUT2D eigenvalue weighted by atomic mass is 79.9. The molecule has 0 radical (unpaired) electrons. The number of hydrogen-bond donors (Lipinski definition) is 0. The van der Waals surface area contributed by atoms with E-state index in [2.05, 4.69) is 29.1 Å². The zero-order chi connectivity index (χ0) is 7.61. The Labute approximate surface area is 71.1 Å². The summed E-state index contributed by atoms with van der Waals surface area (Å²) in [7, 11) is 0. The Morgan fingerprint density at radius 2 is 2.20 bits per heavy atom. The van der Waals surface area contributed by atoms with Crippen LogP contribution in [0, 0.1) is 5.92 Å². The molecule has 0 aliphatic heterocycles. The fraction of sp³-hybridized carbons (Fsp3) is 0.556. The SMILES string of the molecule is C=CCC1CC1(Br)CC=C. The molecule has 0 aromatic heterocycles. The van der Waals surface area contributed by atoms with Gasteiger partial charge >= 0.3 is 0 Å². The third kappa shape index (κ3) is 1.51. The van der Waals surface area contributed by atoms with Crippen LogP contribution in [-0.4, -0.2) is 4.32 Å². The first-order valence-electron chi connectivity index (χ1n) is 3.63. The maximum atomic E-state index is 3.72. The van der Waals surface area contributed by atoms with Gasteiger partial charge in [0.15, 0.2) is 0 Å². The van der Waals surface area contributed by atoms with Crippen LogP contribution < -0.4 is 0 Å². The Morgan fingerprint density at radius 1 is 1.50 bits per heavy atom. The summed E-state index contributed by atoms with van der Waals surface area (Å²) >= 11 is 3.70. The molecular weight excluding hydrogens is 188 g/mol. The molecule has 0 aromatic rings. The number of allylic oxidation sites excluding steroid dienone is 2. The van der Waals surface area contributed by atoms with E-state index in [1.54, 1.807) is 0 Å². The summed E-state index contributed by atoms with van der Waals surface area (Å²) in [6.07, 6.45) is 7.49. The van der Waals surface area contributed by atoms with Crippen LogP contribution in [0.15, 0.2) is 25.3 Å². The summed E-state index contributed by atoms with van der Waals surface area (Å²) in [6, 6.07) is 0. The first-order chi connectivity index (χ1) is 4.73. The molecule has 2 unspecified atom stereocenters. The van der Waals surface area contributed by atoms with E-state index < -0.39 is 0 Å². The van der Waals surface area contributed by atoms with Crippen LogP contribution in [0.4, 0.5) is 0 Å². The number of hydrogen-bond acceptors (Lipinski definition) is 0. The molecule has 10 heavy (non-hydrogen) atoms. The van der Waals surface area contributed by atoms with Crippen molar-refractivity contribution in [3.8, 4) is 0 Å². The second-order valence-corrected chi connectivity index (χ2v) is 4.53. The van der Waals surface area contributed by atoms with E-state index in [1.165, 1.54) is 6.42 Å². The summed E-state index contributed by atoms with van der Waals surface area (Å²) in [4.78, 5) is 0. The van der Waals surface area contributed by atoms with Gasteiger partial charge in [-0.15, -0.1) is 13.2 Å². The number of alkyl halides is 1. The van der Waals surface area contributed by atoms with Gasteiger partial charge in [0.25, 0.3) is 0 Å². The van der Waals surface area contributed by atoms with Crippen molar-refractivity contribution in [3.05, 3.63) is 25.3 Å². The molecule has 0 nitrogen and oxygen atoms in total. The summed E-state index contributed by atoms with van der Waals surface area (Å²) < 4.78 is 0.392. The van der Waals surface area contributed by atoms with Gasteiger partial charge in [-0.1, -0.05) is 28.1 Å². The molecular formula is C9H13Br. The van der Waals surface area contributed by atoms with Gasteiger partial charge < -0.3 is 0 Å². The molecule has 0 bridgehead atoms. The predicted octanol–water partition coefficient (Wildman–Crippen LogP) is 3.29. The van der Waals surface area contributed by atoms with Crippen LogP contribution in [0.3, 0.4) is 0 Å². The van der Waals surface area contributed by atoms with Crippen LogP contribution in [0.5, 0.6) is 0 Å². The largest absolute Gasteiger partial charge is 0.103 e. The van der Waals surface area contributed by atoms with E-state index >= 15 is 0 Å². The molecule has 2 atom stereocenters. The lowest BCUT2D eigenvalue weighted by Gasteiger charge is -2.02. The molecule has 1 fully saturated rings. The van der Waals surface area contributed by atoms with Crippen molar-refractivity contribution in [1.82, 2.24) is 0 Å². The fourth-order valence-electron chi connectivity index (χ4n) is 1.34. The quantitative estimate of drug-likeness (QED) is 0.483. The number of halogens is 1. The van der Waals surface area contributed by atoms with Crippen LogP contribution in [0.1, 0.15) is 19.3 Å². The van der Waals surface area contributed by atoms with Crippen molar-refractivity contribution in [2.75, 3.05) is 0 Å². The maximum absolute atomic E-state index is 3.72. The van der Waals surface area contributed by atoms with Crippen LogP contribution in [0.2, 0.25) is 0 Å². The second-order valence-electron chi connectivity index (χ2n) is 2.95. The van der Waals surface area contributed by atoms with E-state index in [-0.39, 0.29) is 0 Å². The Kier molecular flexibility index (Phi) is 2.35. The van der Waals surface area contributed by atoms with E-state index in [4.69, 9.17) is 0 Å². The third-order valence-corrected chi connectivity index (χ3v) is 3.39. The van der Waals surface area contributed by atoms with Crippen molar-refractivity contribution >= 4 is 15.9 Å². The van der Waals surface area contributed by atoms with E-state index in [0.717, 1.165) is 18.8 Å². The molecule has 1 saturated carbocycles. The molecule has 0 amide bonds. The minimum absolute atomic E-state index is 0.392. The molecule has 0 heterocycles. The maximum Gasteiger partial charge on any atom is 0.0327 e. The second kappa shape index (κ2) is 2.91. The molecule has 1 aliphatic rings. The molecule has 0 N–H and O–H groups in total. The molecule has 0 aromatic carbocycles. The molecule has 0 saturated heterocycles. The zero-order valence-corrected chi connectivity index (χ0v) is 7.73. The molecule has 1 aliphatic carbocycles. The highest BCUT2D eigenvalue weighted by Gasteiger charge is 2.49. The van der Waals surface area contributed by atoms with E-state index in [0.29, 0.717) is 4.32 Å². The average Bonchev–Trinajstić information content (AvgIpc) is 2.44. The normalized spacial score (nSPS) is 37.1. The van der Waals surface area contributed by atoms with Crippen LogP contribution in [-0.2, 0) is 0 Å². The lowest BCUT2D eigenvalue weighted by atomic mass is 10.2. The van der Waals surface area contributed by atoms with Gasteiger partial charge in [-0.2, -0.15) is 0 Å². The summed E-state index contributed by atoms with van der Waals surface area (Å²) in [6.45, 7) is 7.44. The van der Waals surface area contributed by atoms with Gasteiger partial charge in [0, 0.05) is 4.32 Å². The van der Waals surface area contributed by atoms with Gasteiger partial charge in [0.1, 0.15) is 0 Å². The van der Waals surface area contributed by atoms with Crippen molar-refractivity contribution in [2.24, 2.45) is 5.92 Å². The van der Waals surface area contributed by atoms with Crippen LogP contribution in [0.25, 0.3) is 0 Å². The summed E-state index contributed by atoms with van der Waals surface area (Å²) in [5.74, 6) is 0.808. The van der Waals surface area contributed by atoms with Gasteiger partial charge in [-0.3, -0.25) is 0 Å². The lowest BCUT2D eigenvalue weighted by molar-refractivity contribution is 0.769. The molecule has 1 heteroatoms. The van der Waals surface area contributed by atoms with Crippen molar-refractivity contribution in [3.63, 3.8) is 0 Å². The predicted molar refractivity (Wildman–Crippen MR) is 49.4 cm³/mol. The smallest absolute Gasteiger partial charge is 0.0327 e. The standard InChI is InChI=1S/C9H13Br/c1-3-5-8-7-9(8,10)6-4-2/h3-4,8H,1-2,5-7H2. The first kappa shape index (κ1) is 8.06. The first-order valence-corrected chi connectivity index (χ1v) is 4.43. The van der Waals surface area contributed by atoms with Gasteiger partial charge in [-0.25, -0.2) is 0 Å². The Bertz CT molecular complexity index is 151.